The van der Waals surface area contributed by atoms with E-state index in [0.717, 1.165) is 18.3 Å². The highest BCUT2D eigenvalue weighted by Gasteiger charge is 2.05. The van der Waals surface area contributed by atoms with Gasteiger partial charge in [-0.05, 0) is 35.5 Å². The average Bonchev–Trinajstić information content (AvgIpc) is 2.29. The molecule has 0 N–H and O–H groups in total. The molecule has 0 saturated carbocycles. The van der Waals surface area contributed by atoms with Crippen molar-refractivity contribution < 1.29 is 4.79 Å². The van der Waals surface area contributed by atoms with Gasteiger partial charge in [0.2, 0.25) is 0 Å². The molecule has 0 aliphatic rings. The highest BCUT2D eigenvalue weighted by molar-refractivity contribution is 7.98. The number of hydrogen-bond acceptors (Lipinski definition) is 2. The Morgan fingerprint density at radius 1 is 1.25 bits per heavy atom. The van der Waals surface area contributed by atoms with Crippen LogP contribution in [0, 0.1) is 5.92 Å². The van der Waals surface area contributed by atoms with Gasteiger partial charge in [-0.2, -0.15) is 11.8 Å². The molecule has 16 heavy (non-hydrogen) atoms. The largest absolute Gasteiger partial charge is 0.303 e. The van der Waals surface area contributed by atoms with Gasteiger partial charge in [0.15, 0.2) is 0 Å². The van der Waals surface area contributed by atoms with Crippen molar-refractivity contribution in [1.82, 2.24) is 0 Å². The van der Waals surface area contributed by atoms with Crippen LogP contribution in [-0.4, -0.2) is 18.3 Å². The lowest BCUT2D eigenvalue weighted by Crippen LogP contribution is -2.03. The van der Waals surface area contributed by atoms with E-state index >= 15 is 0 Å². The molecule has 2 heteroatoms. The van der Waals surface area contributed by atoms with Crippen molar-refractivity contribution in [3.63, 3.8) is 0 Å². The summed E-state index contributed by atoms with van der Waals surface area (Å²) in [6, 6.07) is 8.43. The molecule has 1 aromatic carbocycles. The smallest absolute Gasteiger partial charge is 0.127 e. The first-order chi connectivity index (χ1) is 7.67. The number of benzene rings is 1. The summed E-state index contributed by atoms with van der Waals surface area (Å²) in [5, 5.41) is 0. The van der Waals surface area contributed by atoms with Crippen LogP contribution in [0.4, 0.5) is 0 Å². The molecular formula is C14H20OS. The fraction of sp³-hybridized carbons (Fsp3) is 0.500. The van der Waals surface area contributed by atoms with E-state index in [9.17, 15) is 4.79 Å². The van der Waals surface area contributed by atoms with Gasteiger partial charge in [0.25, 0.3) is 0 Å². The van der Waals surface area contributed by atoms with E-state index in [0.29, 0.717) is 5.92 Å². The molecule has 1 rings (SSSR count). The number of carbonyl (C=O) groups is 1. The predicted molar refractivity (Wildman–Crippen MR) is 72.2 cm³/mol. The molecule has 2 atom stereocenters. The summed E-state index contributed by atoms with van der Waals surface area (Å²) in [7, 11) is 0. The highest BCUT2D eigenvalue weighted by atomic mass is 32.2. The summed E-state index contributed by atoms with van der Waals surface area (Å²) in [6.07, 6.45) is 4.26. The molecule has 0 heterocycles. The van der Waals surface area contributed by atoms with Gasteiger partial charge in [-0.25, -0.2) is 0 Å². The first-order valence-corrected chi connectivity index (χ1v) is 7.09. The summed E-state index contributed by atoms with van der Waals surface area (Å²) in [5.74, 6) is 1.92. The number of rotatable bonds is 6. The van der Waals surface area contributed by atoms with Crippen LogP contribution in [0.3, 0.4) is 0 Å². The second kappa shape index (κ2) is 6.74. The quantitative estimate of drug-likeness (QED) is 0.703. The van der Waals surface area contributed by atoms with Gasteiger partial charge in [0, 0.05) is 5.92 Å². The zero-order valence-electron chi connectivity index (χ0n) is 10.3. The van der Waals surface area contributed by atoms with E-state index in [4.69, 9.17) is 0 Å². The van der Waals surface area contributed by atoms with Crippen LogP contribution in [0.15, 0.2) is 24.3 Å². The SMILES string of the molecule is CSCC(C)Cc1ccc(C(C)C=O)cc1. The summed E-state index contributed by atoms with van der Waals surface area (Å²) >= 11 is 1.89. The summed E-state index contributed by atoms with van der Waals surface area (Å²) in [6.45, 7) is 4.21. The monoisotopic (exact) mass is 236 g/mol. The Morgan fingerprint density at radius 2 is 1.88 bits per heavy atom. The number of thioether (sulfide) groups is 1. The minimum atomic E-state index is 0.0117. The van der Waals surface area contributed by atoms with E-state index < -0.39 is 0 Å². The normalized spacial score (nSPS) is 14.4. The van der Waals surface area contributed by atoms with E-state index in [2.05, 4.69) is 37.4 Å². The Bertz CT molecular complexity index is 318. The summed E-state index contributed by atoms with van der Waals surface area (Å²) in [5.41, 5.74) is 2.47. The molecule has 0 radical (unpaired) electrons. The zero-order valence-corrected chi connectivity index (χ0v) is 11.1. The van der Waals surface area contributed by atoms with Crippen LogP contribution in [0.1, 0.15) is 30.9 Å². The molecule has 0 spiro atoms. The van der Waals surface area contributed by atoms with Gasteiger partial charge in [-0.15, -0.1) is 0 Å². The fourth-order valence-corrected chi connectivity index (χ4v) is 2.47. The standard InChI is InChI=1S/C14H20OS/c1-11(10-16-3)8-13-4-6-14(7-5-13)12(2)9-15/h4-7,9,11-12H,8,10H2,1-3H3. The Balaban J connectivity index is 2.60. The fourth-order valence-electron chi connectivity index (χ4n) is 1.78. The van der Waals surface area contributed by atoms with Crippen molar-refractivity contribution in [2.45, 2.75) is 26.2 Å². The lowest BCUT2D eigenvalue weighted by atomic mass is 9.97. The average molecular weight is 236 g/mol. The first kappa shape index (κ1) is 13.3. The van der Waals surface area contributed by atoms with Crippen molar-refractivity contribution >= 4 is 18.0 Å². The van der Waals surface area contributed by atoms with Gasteiger partial charge in [-0.1, -0.05) is 38.1 Å². The maximum Gasteiger partial charge on any atom is 0.127 e. The molecule has 2 unspecified atom stereocenters. The lowest BCUT2D eigenvalue weighted by Gasteiger charge is -2.10. The van der Waals surface area contributed by atoms with Gasteiger partial charge in [0.05, 0.1) is 0 Å². The van der Waals surface area contributed by atoms with E-state index in [1.807, 2.05) is 18.7 Å². The summed E-state index contributed by atoms with van der Waals surface area (Å²) in [4.78, 5) is 10.7. The molecule has 88 valence electrons. The molecule has 1 aromatic rings. The first-order valence-electron chi connectivity index (χ1n) is 5.70. The van der Waals surface area contributed by atoms with Crippen LogP contribution < -0.4 is 0 Å². The molecule has 1 nitrogen and oxygen atoms in total. The van der Waals surface area contributed by atoms with Crippen molar-refractivity contribution in [2.75, 3.05) is 12.0 Å². The Labute approximate surface area is 103 Å². The minimum Gasteiger partial charge on any atom is -0.303 e. The summed E-state index contributed by atoms with van der Waals surface area (Å²) < 4.78 is 0. The van der Waals surface area contributed by atoms with Gasteiger partial charge >= 0.3 is 0 Å². The van der Waals surface area contributed by atoms with Gasteiger partial charge in [0.1, 0.15) is 6.29 Å². The van der Waals surface area contributed by atoms with Crippen LogP contribution in [0.2, 0.25) is 0 Å². The Hall–Kier alpha value is -0.760. The minimum absolute atomic E-state index is 0.0117. The second-order valence-electron chi connectivity index (χ2n) is 4.43. The number of hydrogen-bond donors (Lipinski definition) is 0. The lowest BCUT2D eigenvalue weighted by molar-refractivity contribution is -0.108. The third-order valence-electron chi connectivity index (χ3n) is 2.74. The van der Waals surface area contributed by atoms with Crippen LogP contribution in [0.25, 0.3) is 0 Å². The zero-order chi connectivity index (χ0) is 12.0. The molecular weight excluding hydrogens is 216 g/mol. The van der Waals surface area contributed by atoms with Crippen molar-refractivity contribution in [3.8, 4) is 0 Å². The van der Waals surface area contributed by atoms with Crippen LogP contribution in [-0.2, 0) is 11.2 Å². The third-order valence-corrected chi connectivity index (χ3v) is 3.65. The maximum absolute atomic E-state index is 10.7. The van der Waals surface area contributed by atoms with Gasteiger partial charge in [-0.3, -0.25) is 0 Å². The molecule has 0 saturated heterocycles. The number of aldehydes is 1. The predicted octanol–water partition coefficient (Wildman–Crippen LogP) is 3.53. The van der Waals surface area contributed by atoms with Crippen LogP contribution in [0.5, 0.6) is 0 Å². The molecule has 0 aromatic heterocycles. The molecule has 0 aliphatic heterocycles. The molecule has 0 aliphatic carbocycles. The maximum atomic E-state index is 10.7. The molecule has 0 fully saturated rings. The Morgan fingerprint density at radius 3 is 2.38 bits per heavy atom. The molecule has 0 bridgehead atoms. The van der Waals surface area contributed by atoms with Crippen molar-refractivity contribution in [3.05, 3.63) is 35.4 Å². The van der Waals surface area contributed by atoms with E-state index in [1.54, 1.807) is 0 Å². The highest BCUT2D eigenvalue weighted by Crippen LogP contribution is 2.17. The van der Waals surface area contributed by atoms with Crippen molar-refractivity contribution in [1.29, 1.82) is 0 Å². The third kappa shape index (κ3) is 4.01. The Kier molecular flexibility index (Phi) is 5.61. The van der Waals surface area contributed by atoms with E-state index in [-0.39, 0.29) is 5.92 Å². The second-order valence-corrected chi connectivity index (χ2v) is 5.34. The van der Waals surface area contributed by atoms with Gasteiger partial charge < -0.3 is 4.79 Å². The molecule has 0 amide bonds. The van der Waals surface area contributed by atoms with Crippen molar-refractivity contribution in [2.24, 2.45) is 5.92 Å². The van der Waals surface area contributed by atoms with Crippen LogP contribution >= 0.6 is 11.8 Å². The van der Waals surface area contributed by atoms with E-state index in [1.165, 1.54) is 11.3 Å². The number of carbonyl (C=O) groups excluding carboxylic acids is 1. The topological polar surface area (TPSA) is 17.1 Å².